The number of benzene rings is 2. The standard InChI is InChI=1S/C19H19Cl2N3O3S/c1-13-18(19(25)24(22(13)2)14-8-5-4-6-9-14)23(28(3,26)27)12-15-16(20)10-7-11-17(15)21/h4-11H,12H2,1-3H3. The fourth-order valence-corrected chi connectivity index (χ4v) is 4.45. The molecule has 0 N–H and O–H groups in total. The summed E-state index contributed by atoms with van der Waals surface area (Å²) in [6.07, 6.45) is 1.05. The second kappa shape index (κ2) is 7.66. The first kappa shape index (κ1) is 20.5. The molecule has 0 unspecified atom stereocenters. The van der Waals surface area contributed by atoms with Crippen molar-refractivity contribution in [2.75, 3.05) is 10.6 Å². The van der Waals surface area contributed by atoms with Crippen LogP contribution in [0.15, 0.2) is 53.3 Å². The number of hydrogen-bond donors (Lipinski definition) is 0. The van der Waals surface area contributed by atoms with Crippen molar-refractivity contribution in [2.24, 2.45) is 7.05 Å². The second-order valence-corrected chi connectivity index (χ2v) is 9.10. The van der Waals surface area contributed by atoms with Crippen LogP contribution < -0.4 is 9.86 Å². The topological polar surface area (TPSA) is 64.3 Å². The van der Waals surface area contributed by atoms with Gasteiger partial charge in [-0.05, 0) is 31.2 Å². The van der Waals surface area contributed by atoms with Gasteiger partial charge in [-0.25, -0.2) is 13.1 Å². The van der Waals surface area contributed by atoms with Crippen molar-refractivity contribution in [3.8, 4) is 5.69 Å². The van der Waals surface area contributed by atoms with Crippen LogP contribution in [0.3, 0.4) is 0 Å². The van der Waals surface area contributed by atoms with E-state index >= 15 is 0 Å². The summed E-state index contributed by atoms with van der Waals surface area (Å²) in [7, 11) is -2.09. The Balaban J connectivity index is 2.22. The molecule has 0 bridgehead atoms. The normalized spacial score (nSPS) is 11.6. The van der Waals surface area contributed by atoms with E-state index in [1.807, 2.05) is 18.2 Å². The minimum atomic E-state index is -3.79. The van der Waals surface area contributed by atoms with Crippen molar-refractivity contribution in [2.45, 2.75) is 13.5 Å². The van der Waals surface area contributed by atoms with Gasteiger partial charge in [-0.3, -0.25) is 13.8 Å². The molecule has 6 nitrogen and oxygen atoms in total. The van der Waals surface area contributed by atoms with Gasteiger partial charge >= 0.3 is 0 Å². The molecule has 3 aromatic rings. The van der Waals surface area contributed by atoms with Gasteiger partial charge in [0.25, 0.3) is 5.56 Å². The Hall–Kier alpha value is -2.22. The Bertz CT molecular complexity index is 1160. The van der Waals surface area contributed by atoms with Gasteiger partial charge in [0.1, 0.15) is 5.69 Å². The van der Waals surface area contributed by atoms with E-state index in [0.717, 1.165) is 10.6 Å². The molecule has 0 saturated heterocycles. The third-order valence-electron chi connectivity index (χ3n) is 4.54. The van der Waals surface area contributed by atoms with Gasteiger partial charge in [0.2, 0.25) is 10.0 Å². The van der Waals surface area contributed by atoms with E-state index < -0.39 is 15.6 Å². The SMILES string of the molecule is Cc1c(N(Cc2c(Cl)cccc2Cl)S(C)(=O)=O)c(=O)n(-c2ccccc2)n1C. The third-order valence-corrected chi connectivity index (χ3v) is 6.36. The average molecular weight is 440 g/mol. The van der Waals surface area contributed by atoms with E-state index in [4.69, 9.17) is 23.2 Å². The van der Waals surface area contributed by atoms with Crippen molar-refractivity contribution < 1.29 is 8.42 Å². The minimum Gasteiger partial charge on any atom is -0.283 e. The van der Waals surface area contributed by atoms with Gasteiger partial charge in [-0.15, -0.1) is 0 Å². The van der Waals surface area contributed by atoms with Crippen LogP contribution in [0.4, 0.5) is 5.69 Å². The molecular weight excluding hydrogens is 421 g/mol. The fraction of sp³-hybridized carbons (Fsp3) is 0.211. The highest BCUT2D eigenvalue weighted by Gasteiger charge is 2.28. The molecule has 0 aliphatic carbocycles. The molecule has 0 aliphatic heterocycles. The molecule has 148 valence electrons. The Morgan fingerprint density at radius 2 is 1.57 bits per heavy atom. The van der Waals surface area contributed by atoms with Crippen molar-refractivity contribution in [1.82, 2.24) is 9.36 Å². The van der Waals surface area contributed by atoms with E-state index in [9.17, 15) is 13.2 Å². The van der Waals surface area contributed by atoms with Crippen LogP contribution >= 0.6 is 23.2 Å². The first-order valence-electron chi connectivity index (χ1n) is 8.37. The van der Waals surface area contributed by atoms with Crippen molar-refractivity contribution in [1.29, 1.82) is 0 Å². The van der Waals surface area contributed by atoms with Gasteiger partial charge < -0.3 is 0 Å². The molecule has 3 rings (SSSR count). The number of hydrogen-bond acceptors (Lipinski definition) is 3. The zero-order valence-electron chi connectivity index (χ0n) is 15.6. The molecule has 0 saturated carbocycles. The number of para-hydroxylation sites is 1. The number of aromatic nitrogens is 2. The maximum atomic E-state index is 13.2. The Labute approximate surface area is 173 Å². The third kappa shape index (κ3) is 3.70. The summed E-state index contributed by atoms with van der Waals surface area (Å²) in [5, 5.41) is 0.663. The van der Waals surface area contributed by atoms with Crippen LogP contribution in [0.5, 0.6) is 0 Å². The Kier molecular flexibility index (Phi) is 5.61. The zero-order valence-corrected chi connectivity index (χ0v) is 17.9. The molecule has 0 fully saturated rings. The van der Waals surface area contributed by atoms with E-state index in [1.165, 1.54) is 4.68 Å². The smallest absolute Gasteiger partial charge is 0.283 e. The molecule has 2 aromatic carbocycles. The maximum Gasteiger partial charge on any atom is 0.296 e. The lowest BCUT2D eigenvalue weighted by Gasteiger charge is -2.22. The molecule has 1 heterocycles. The van der Waals surface area contributed by atoms with E-state index in [2.05, 4.69) is 0 Å². The lowest BCUT2D eigenvalue weighted by Crippen LogP contribution is -2.34. The predicted octanol–water partition coefficient (Wildman–Crippen LogP) is 3.76. The second-order valence-electron chi connectivity index (χ2n) is 6.38. The van der Waals surface area contributed by atoms with Gasteiger partial charge in [-0.1, -0.05) is 47.5 Å². The Morgan fingerprint density at radius 1 is 1.00 bits per heavy atom. The van der Waals surface area contributed by atoms with Crippen LogP contribution in [0, 0.1) is 6.92 Å². The monoisotopic (exact) mass is 439 g/mol. The number of halogens is 2. The maximum absolute atomic E-state index is 13.2. The number of sulfonamides is 1. The highest BCUT2D eigenvalue weighted by molar-refractivity contribution is 7.92. The van der Waals surface area contributed by atoms with Crippen LogP contribution in [0.1, 0.15) is 11.3 Å². The quantitative estimate of drug-likeness (QED) is 0.607. The molecule has 0 aliphatic rings. The summed E-state index contributed by atoms with van der Waals surface area (Å²) in [4.78, 5) is 13.2. The molecule has 0 atom stereocenters. The van der Waals surface area contributed by atoms with E-state index in [1.54, 1.807) is 49.0 Å². The van der Waals surface area contributed by atoms with Crippen LogP contribution in [-0.4, -0.2) is 24.0 Å². The first-order chi connectivity index (χ1) is 13.1. The largest absolute Gasteiger partial charge is 0.296 e. The molecule has 28 heavy (non-hydrogen) atoms. The van der Waals surface area contributed by atoms with Gasteiger partial charge in [0.15, 0.2) is 0 Å². The lowest BCUT2D eigenvalue weighted by atomic mass is 10.2. The lowest BCUT2D eigenvalue weighted by molar-refractivity contribution is 0.596. The van der Waals surface area contributed by atoms with Crippen molar-refractivity contribution in [3.63, 3.8) is 0 Å². The van der Waals surface area contributed by atoms with Crippen LogP contribution in [-0.2, 0) is 23.6 Å². The van der Waals surface area contributed by atoms with Gasteiger partial charge in [-0.2, -0.15) is 0 Å². The molecule has 0 spiro atoms. The summed E-state index contributed by atoms with van der Waals surface area (Å²) in [5.41, 5.74) is 1.19. The molecule has 0 radical (unpaired) electrons. The molecule has 9 heteroatoms. The summed E-state index contributed by atoms with van der Waals surface area (Å²) in [5.74, 6) is 0. The van der Waals surface area contributed by atoms with Gasteiger partial charge in [0.05, 0.1) is 24.2 Å². The zero-order chi connectivity index (χ0) is 20.6. The van der Waals surface area contributed by atoms with Gasteiger partial charge in [0, 0.05) is 22.7 Å². The Morgan fingerprint density at radius 3 is 2.11 bits per heavy atom. The average Bonchev–Trinajstić information content (AvgIpc) is 2.84. The van der Waals surface area contributed by atoms with Crippen LogP contribution in [0.25, 0.3) is 5.69 Å². The summed E-state index contributed by atoms with van der Waals surface area (Å²) < 4.78 is 29.3. The molecule has 1 aromatic heterocycles. The first-order valence-corrected chi connectivity index (χ1v) is 11.0. The van der Waals surface area contributed by atoms with Crippen molar-refractivity contribution in [3.05, 3.63) is 80.2 Å². The van der Waals surface area contributed by atoms with Crippen molar-refractivity contribution >= 4 is 38.9 Å². The van der Waals surface area contributed by atoms with E-state index in [0.29, 0.717) is 27.0 Å². The minimum absolute atomic E-state index is 0.0600. The highest BCUT2D eigenvalue weighted by atomic mass is 35.5. The highest BCUT2D eigenvalue weighted by Crippen LogP contribution is 2.29. The number of anilines is 1. The number of rotatable bonds is 5. The van der Waals surface area contributed by atoms with Crippen LogP contribution in [0.2, 0.25) is 10.0 Å². The molecule has 0 amide bonds. The predicted molar refractivity (Wildman–Crippen MR) is 113 cm³/mol. The summed E-state index contributed by atoms with van der Waals surface area (Å²) in [6.45, 7) is 1.55. The fourth-order valence-electron chi connectivity index (χ4n) is 3.03. The summed E-state index contributed by atoms with van der Waals surface area (Å²) >= 11 is 12.5. The van der Waals surface area contributed by atoms with E-state index in [-0.39, 0.29) is 12.2 Å². The molecular formula is C19H19Cl2N3O3S. The number of nitrogens with zero attached hydrogens (tertiary/aromatic N) is 3. The summed E-state index contributed by atoms with van der Waals surface area (Å²) in [6, 6.07) is 13.9.